The zero-order valence-electron chi connectivity index (χ0n) is 7.35. The molecule has 0 aromatic carbocycles. The Hall–Kier alpha value is -0.606. The summed E-state index contributed by atoms with van der Waals surface area (Å²) < 4.78 is 0. The third kappa shape index (κ3) is 1.45. The topological polar surface area (TPSA) is 0 Å². The van der Waals surface area contributed by atoms with Crippen LogP contribution in [0.2, 0.25) is 11.1 Å². The summed E-state index contributed by atoms with van der Waals surface area (Å²) in [5, 5.41) is 0. The van der Waals surface area contributed by atoms with E-state index in [2.05, 4.69) is 48.6 Å². The molecule has 0 saturated carbocycles. The van der Waals surface area contributed by atoms with Gasteiger partial charge in [0.25, 0.3) is 0 Å². The van der Waals surface area contributed by atoms with Crippen LogP contribution in [0.3, 0.4) is 0 Å². The highest BCUT2D eigenvalue weighted by molar-refractivity contribution is 7.06. The van der Waals surface area contributed by atoms with Crippen molar-refractivity contribution < 1.29 is 0 Å². The lowest BCUT2D eigenvalue weighted by atomic mass is 10.4. The molecule has 0 aromatic heterocycles. The quantitative estimate of drug-likeness (QED) is 0.572. The molecule has 2 heteroatoms. The summed E-state index contributed by atoms with van der Waals surface area (Å²) in [5.74, 6) is 0. The summed E-state index contributed by atoms with van der Waals surface area (Å²) in [6, 6.07) is 0. The summed E-state index contributed by atoms with van der Waals surface area (Å²) in [5.41, 5.74) is 1.68. The van der Waals surface area contributed by atoms with Crippen LogP contribution in [0.1, 0.15) is 0 Å². The van der Waals surface area contributed by atoms with Gasteiger partial charge in [0.15, 0.2) is 0 Å². The van der Waals surface area contributed by atoms with Gasteiger partial charge in [-0.1, -0.05) is 48.6 Å². The molecule has 0 heterocycles. The average Bonchev–Trinajstić information content (AvgIpc) is 2.77. The van der Waals surface area contributed by atoms with Gasteiger partial charge < -0.3 is 0 Å². The molecule has 0 unspecified atom stereocenters. The lowest BCUT2D eigenvalue weighted by Gasteiger charge is -2.18. The van der Waals surface area contributed by atoms with Crippen LogP contribution in [-0.2, 0) is 0 Å². The Morgan fingerprint density at radius 3 is 1.42 bits per heavy atom. The van der Waals surface area contributed by atoms with Crippen molar-refractivity contribution in [1.82, 2.24) is 0 Å². The van der Waals surface area contributed by atoms with Crippen molar-refractivity contribution in [3.8, 4) is 0 Å². The Morgan fingerprint density at radius 2 is 1.08 bits per heavy atom. The average molecular weight is 190 g/mol. The molecule has 62 valence electrons. The minimum atomic E-state index is -0.515. The van der Waals surface area contributed by atoms with Crippen molar-refractivity contribution >= 4 is 18.1 Å². The first-order valence-electron chi connectivity index (χ1n) is 4.58. The van der Waals surface area contributed by atoms with Gasteiger partial charge in [-0.3, -0.25) is 0 Å². The van der Waals surface area contributed by atoms with Crippen molar-refractivity contribution in [3.05, 3.63) is 48.6 Å². The number of hydrogen-bond acceptors (Lipinski definition) is 0. The lowest BCUT2D eigenvalue weighted by molar-refractivity contribution is 1.27. The molecule has 0 aliphatic heterocycles. The second-order valence-corrected chi connectivity index (χ2v) is 10.8. The Morgan fingerprint density at radius 1 is 0.750 bits per heavy atom. The maximum atomic E-state index is 2.38. The van der Waals surface area contributed by atoms with Crippen LogP contribution in [0.5, 0.6) is 0 Å². The van der Waals surface area contributed by atoms with Gasteiger partial charge in [0.05, 0.1) is 0 Å². The zero-order chi connectivity index (χ0) is 8.39. The van der Waals surface area contributed by atoms with E-state index >= 15 is 0 Å². The van der Waals surface area contributed by atoms with Gasteiger partial charge in [-0.15, -0.1) is 0 Å². The van der Waals surface area contributed by atoms with Gasteiger partial charge in [-0.05, 0) is 20.8 Å². The SMILES string of the molecule is [SiH3][SiH](C1C=CC=C1)C1C=CC=C1. The molecule has 0 nitrogen and oxygen atoms in total. The smallest absolute Gasteiger partial charge is 0.0449 e. The molecule has 2 rings (SSSR count). The standard InChI is InChI=1S/C10H14Si2/c11-12(9-5-1-2-6-9)10-7-3-4-8-10/h1-10,12H,11H3. The predicted molar refractivity (Wildman–Crippen MR) is 61.1 cm³/mol. The molecule has 0 aromatic rings. The monoisotopic (exact) mass is 190 g/mol. The van der Waals surface area contributed by atoms with Gasteiger partial charge in [0.1, 0.15) is 0 Å². The molecule has 0 bridgehead atoms. The van der Waals surface area contributed by atoms with E-state index in [4.69, 9.17) is 0 Å². The second kappa shape index (κ2) is 3.41. The van der Waals surface area contributed by atoms with Crippen LogP contribution in [-0.4, -0.2) is 18.1 Å². The molecule has 2 aliphatic carbocycles. The minimum Gasteiger partial charge on any atom is -0.0809 e. The summed E-state index contributed by atoms with van der Waals surface area (Å²) in [4.78, 5) is 0. The third-order valence-corrected chi connectivity index (χ3v) is 10.7. The fourth-order valence-electron chi connectivity index (χ4n) is 1.86. The molecule has 0 atom stereocenters. The fraction of sp³-hybridized carbons (Fsp3) is 0.200. The molecule has 0 radical (unpaired) electrons. The van der Waals surface area contributed by atoms with Gasteiger partial charge in [0.2, 0.25) is 0 Å². The van der Waals surface area contributed by atoms with Gasteiger partial charge in [-0.25, -0.2) is 0 Å². The molecule has 0 saturated heterocycles. The molecule has 0 N–H and O–H groups in total. The second-order valence-electron chi connectivity index (χ2n) is 3.55. The largest absolute Gasteiger partial charge is 0.0809 e. The number of hydrogen-bond donors (Lipinski definition) is 0. The van der Waals surface area contributed by atoms with E-state index in [1.807, 2.05) is 0 Å². The van der Waals surface area contributed by atoms with Crippen LogP contribution < -0.4 is 0 Å². The van der Waals surface area contributed by atoms with Crippen molar-refractivity contribution in [2.24, 2.45) is 0 Å². The zero-order valence-corrected chi connectivity index (χ0v) is 10.5. The highest BCUT2D eigenvalue weighted by Crippen LogP contribution is 2.29. The van der Waals surface area contributed by atoms with E-state index in [0.717, 1.165) is 11.1 Å². The van der Waals surface area contributed by atoms with E-state index in [1.165, 1.54) is 9.76 Å². The Kier molecular flexibility index (Phi) is 2.28. The van der Waals surface area contributed by atoms with Gasteiger partial charge in [-0.2, -0.15) is 0 Å². The summed E-state index contributed by atoms with van der Waals surface area (Å²) in [6.45, 7) is 0. The molecular weight excluding hydrogens is 176 g/mol. The van der Waals surface area contributed by atoms with Crippen LogP contribution in [0.25, 0.3) is 0 Å². The number of rotatable bonds is 2. The van der Waals surface area contributed by atoms with Crippen molar-refractivity contribution in [2.45, 2.75) is 11.1 Å². The van der Waals surface area contributed by atoms with E-state index < -0.39 is 8.31 Å². The van der Waals surface area contributed by atoms with Gasteiger partial charge in [0, 0.05) is 8.31 Å². The first kappa shape index (κ1) is 8.01. The van der Waals surface area contributed by atoms with Gasteiger partial charge >= 0.3 is 0 Å². The third-order valence-electron chi connectivity index (χ3n) is 2.77. The van der Waals surface area contributed by atoms with E-state index in [0.29, 0.717) is 0 Å². The molecule has 0 fully saturated rings. The first-order chi connectivity index (χ1) is 5.88. The molecule has 0 spiro atoms. The number of allylic oxidation sites excluding steroid dienone is 8. The van der Waals surface area contributed by atoms with E-state index in [9.17, 15) is 0 Å². The normalized spacial score (nSPS) is 22.4. The maximum Gasteiger partial charge on any atom is 0.0449 e. The highest BCUT2D eigenvalue weighted by Gasteiger charge is 2.21. The van der Waals surface area contributed by atoms with Crippen LogP contribution >= 0.6 is 0 Å². The lowest BCUT2D eigenvalue weighted by Crippen LogP contribution is -2.22. The van der Waals surface area contributed by atoms with Crippen LogP contribution in [0, 0.1) is 0 Å². The fourth-order valence-corrected chi connectivity index (χ4v) is 6.95. The van der Waals surface area contributed by atoms with Crippen molar-refractivity contribution in [1.29, 1.82) is 0 Å². The Balaban J connectivity index is 2.04. The molecule has 0 amide bonds. The Bertz CT molecular complexity index is 222. The van der Waals surface area contributed by atoms with Crippen molar-refractivity contribution in [3.63, 3.8) is 0 Å². The summed E-state index contributed by atoms with van der Waals surface area (Å²) >= 11 is 0. The van der Waals surface area contributed by atoms with Crippen LogP contribution in [0.15, 0.2) is 48.6 Å². The van der Waals surface area contributed by atoms with E-state index in [-0.39, 0.29) is 0 Å². The summed E-state index contributed by atoms with van der Waals surface area (Å²) in [7, 11) is 0.893. The van der Waals surface area contributed by atoms with E-state index in [1.54, 1.807) is 0 Å². The minimum absolute atomic E-state index is 0.515. The first-order valence-corrected chi connectivity index (χ1v) is 10.5. The molecular formula is C10H14Si2. The highest BCUT2D eigenvalue weighted by atomic mass is 29.1. The summed E-state index contributed by atoms with van der Waals surface area (Å²) in [6.07, 6.45) is 18.3. The molecule has 12 heavy (non-hydrogen) atoms. The van der Waals surface area contributed by atoms with Crippen molar-refractivity contribution in [2.75, 3.05) is 0 Å². The predicted octanol–water partition coefficient (Wildman–Crippen LogP) is 1.07. The van der Waals surface area contributed by atoms with Crippen LogP contribution in [0.4, 0.5) is 0 Å². The maximum absolute atomic E-state index is 2.38. The molecule has 2 aliphatic rings. The Labute approximate surface area is 78.2 Å².